The number of methoxy groups -OCH3 is 1. The summed E-state index contributed by atoms with van der Waals surface area (Å²) in [5.41, 5.74) is 2.21. The zero-order chi connectivity index (χ0) is 21.5. The van der Waals surface area contributed by atoms with Gasteiger partial charge < -0.3 is 14.2 Å². The predicted octanol–water partition coefficient (Wildman–Crippen LogP) is 3.26. The Balaban J connectivity index is 1.45. The smallest absolute Gasteiger partial charge is 0.232 e. The average Bonchev–Trinajstić information content (AvgIpc) is 3.34. The summed E-state index contributed by atoms with van der Waals surface area (Å²) >= 11 is 0. The van der Waals surface area contributed by atoms with Gasteiger partial charge in [-0.3, -0.25) is 4.57 Å². The summed E-state index contributed by atoms with van der Waals surface area (Å²) in [7, 11) is 1.58. The third-order valence-electron chi connectivity index (χ3n) is 5.67. The van der Waals surface area contributed by atoms with Crippen molar-refractivity contribution in [1.29, 1.82) is 5.26 Å². The van der Waals surface area contributed by atoms with Gasteiger partial charge in [-0.15, -0.1) is 10.2 Å². The van der Waals surface area contributed by atoms with E-state index in [2.05, 4.69) is 30.7 Å². The molecule has 0 amide bonds. The molecule has 1 aromatic carbocycles. The summed E-state index contributed by atoms with van der Waals surface area (Å²) in [6.07, 6.45) is 4.28. The van der Waals surface area contributed by atoms with E-state index in [4.69, 9.17) is 4.74 Å². The van der Waals surface area contributed by atoms with Crippen molar-refractivity contribution in [3.05, 3.63) is 59.9 Å². The minimum absolute atomic E-state index is 0.152. The van der Waals surface area contributed by atoms with Crippen LogP contribution in [0.5, 0.6) is 5.88 Å². The maximum atomic E-state index is 13.7. The predicted molar refractivity (Wildman–Crippen MR) is 113 cm³/mol. The summed E-state index contributed by atoms with van der Waals surface area (Å²) in [5.74, 6) is 1.80. The quantitative estimate of drug-likeness (QED) is 0.496. The first-order valence-electron chi connectivity index (χ1n) is 10.0. The van der Waals surface area contributed by atoms with Gasteiger partial charge in [-0.1, -0.05) is 6.92 Å². The van der Waals surface area contributed by atoms with Crippen LogP contribution in [0.3, 0.4) is 0 Å². The van der Waals surface area contributed by atoms with E-state index < -0.39 is 0 Å². The van der Waals surface area contributed by atoms with Gasteiger partial charge in [0.05, 0.1) is 30.6 Å². The number of aryl methyl sites for hydroxylation is 1. The highest BCUT2D eigenvalue weighted by molar-refractivity contribution is 5.86. The molecule has 0 bridgehead atoms. The molecule has 156 valence electrons. The number of pyridine rings is 1. The van der Waals surface area contributed by atoms with E-state index in [0.29, 0.717) is 29.9 Å². The van der Waals surface area contributed by atoms with Crippen molar-refractivity contribution in [2.24, 2.45) is 0 Å². The fourth-order valence-corrected chi connectivity index (χ4v) is 4.04. The standard InChI is InChI=1S/C22H20FN7O/c1-3-20-26-27-22(30(20)16-5-7-21(31-2)25-10-16)28-12-17(13-28)29-11-14(9-24)18-8-15(23)4-6-19(18)29/h4-8,10-11,17H,3,12-13H2,1-2H3. The van der Waals surface area contributed by atoms with Crippen molar-refractivity contribution < 1.29 is 9.13 Å². The van der Waals surface area contributed by atoms with Gasteiger partial charge in [-0.05, 0) is 24.3 Å². The number of fused-ring (bicyclic) bond motifs is 1. The summed E-state index contributed by atoms with van der Waals surface area (Å²) in [6, 6.07) is 10.6. The number of aromatic nitrogens is 5. The Morgan fingerprint density at radius 3 is 2.74 bits per heavy atom. The molecule has 1 fully saturated rings. The molecule has 0 spiro atoms. The minimum Gasteiger partial charge on any atom is -0.481 e. The third kappa shape index (κ3) is 3.08. The highest BCUT2D eigenvalue weighted by Gasteiger charge is 2.33. The van der Waals surface area contributed by atoms with Gasteiger partial charge in [-0.2, -0.15) is 5.26 Å². The number of ether oxygens (including phenoxy) is 1. The highest BCUT2D eigenvalue weighted by Crippen LogP contribution is 2.33. The first-order valence-corrected chi connectivity index (χ1v) is 10.0. The van der Waals surface area contributed by atoms with E-state index in [-0.39, 0.29) is 11.9 Å². The molecule has 31 heavy (non-hydrogen) atoms. The molecule has 0 radical (unpaired) electrons. The second kappa shape index (κ2) is 7.40. The summed E-state index contributed by atoms with van der Waals surface area (Å²) in [6.45, 7) is 3.45. The third-order valence-corrected chi connectivity index (χ3v) is 5.67. The average molecular weight is 417 g/mol. The lowest BCUT2D eigenvalue weighted by Gasteiger charge is -2.40. The lowest BCUT2D eigenvalue weighted by Crippen LogP contribution is -2.48. The van der Waals surface area contributed by atoms with Gasteiger partial charge in [0.25, 0.3) is 0 Å². The van der Waals surface area contributed by atoms with Crippen molar-refractivity contribution in [3.63, 3.8) is 0 Å². The lowest BCUT2D eigenvalue weighted by atomic mass is 10.1. The number of anilines is 1. The normalized spacial score (nSPS) is 13.9. The Hall–Kier alpha value is -3.93. The van der Waals surface area contributed by atoms with Crippen LogP contribution in [0.25, 0.3) is 16.6 Å². The maximum Gasteiger partial charge on any atom is 0.232 e. The monoisotopic (exact) mass is 417 g/mol. The maximum absolute atomic E-state index is 13.7. The number of halogens is 1. The molecule has 1 aliphatic heterocycles. The number of nitrogens with zero attached hydrogens (tertiary/aromatic N) is 7. The zero-order valence-electron chi connectivity index (χ0n) is 17.2. The first-order chi connectivity index (χ1) is 15.1. The van der Waals surface area contributed by atoms with E-state index in [9.17, 15) is 9.65 Å². The number of benzene rings is 1. The Bertz CT molecular complexity index is 1300. The number of hydrogen-bond acceptors (Lipinski definition) is 6. The van der Waals surface area contributed by atoms with Crippen LogP contribution >= 0.6 is 0 Å². The van der Waals surface area contributed by atoms with Crippen molar-refractivity contribution in [2.45, 2.75) is 19.4 Å². The summed E-state index contributed by atoms with van der Waals surface area (Å²) in [5, 5.41) is 18.9. The topological polar surface area (TPSA) is 84.8 Å². The fraction of sp³-hybridized carbons (Fsp3) is 0.273. The molecule has 0 saturated carbocycles. The Kier molecular flexibility index (Phi) is 4.55. The highest BCUT2D eigenvalue weighted by atomic mass is 19.1. The minimum atomic E-state index is -0.342. The Labute approximate surface area is 178 Å². The molecule has 0 N–H and O–H groups in total. The number of rotatable bonds is 5. The molecule has 4 aromatic rings. The van der Waals surface area contributed by atoms with E-state index in [0.717, 1.165) is 29.4 Å². The van der Waals surface area contributed by atoms with E-state index in [1.165, 1.54) is 12.1 Å². The summed E-state index contributed by atoms with van der Waals surface area (Å²) in [4.78, 5) is 6.45. The van der Waals surface area contributed by atoms with Crippen molar-refractivity contribution in [3.8, 4) is 17.6 Å². The van der Waals surface area contributed by atoms with Gasteiger partial charge in [0.15, 0.2) is 0 Å². The van der Waals surface area contributed by atoms with Gasteiger partial charge >= 0.3 is 0 Å². The van der Waals surface area contributed by atoms with Crippen LogP contribution in [0.2, 0.25) is 0 Å². The van der Waals surface area contributed by atoms with Crippen LogP contribution in [-0.2, 0) is 6.42 Å². The molecule has 8 nitrogen and oxygen atoms in total. The molecule has 1 saturated heterocycles. The van der Waals surface area contributed by atoms with Gasteiger partial charge in [0.1, 0.15) is 17.7 Å². The van der Waals surface area contributed by atoms with Crippen LogP contribution in [0.4, 0.5) is 10.3 Å². The summed E-state index contributed by atoms with van der Waals surface area (Å²) < 4.78 is 22.9. The van der Waals surface area contributed by atoms with Crippen LogP contribution in [0, 0.1) is 17.1 Å². The van der Waals surface area contributed by atoms with E-state index >= 15 is 0 Å². The number of hydrogen-bond donors (Lipinski definition) is 0. The van der Waals surface area contributed by atoms with E-state index in [1.807, 2.05) is 29.8 Å². The molecular formula is C22H20FN7O. The first kappa shape index (κ1) is 19.1. The fourth-order valence-electron chi connectivity index (χ4n) is 4.04. The molecule has 3 aromatic heterocycles. The van der Waals surface area contributed by atoms with Crippen molar-refractivity contribution in [1.82, 2.24) is 24.3 Å². The molecule has 0 aliphatic carbocycles. The Morgan fingerprint density at radius 2 is 2.06 bits per heavy atom. The lowest BCUT2D eigenvalue weighted by molar-refractivity contribution is 0.397. The zero-order valence-corrected chi connectivity index (χ0v) is 17.2. The molecule has 9 heteroatoms. The second-order valence-corrected chi connectivity index (χ2v) is 7.45. The van der Waals surface area contributed by atoms with Crippen LogP contribution < -0.4 is 9.64 Å². The van der Waals surface area contributed by atoms with Gasteiger partial charge in [-0.25, -0.2) is 9.37 Å². The van der Waals surface area contributed by atoms with Crippen molar-refractivity contribution in [2.75, 3.05) is 25.1 Å². The largest absolute Gasteiger partial charge is 0.481 e. The molecule has 1 aliphatic rings. The SMILES string of the molecule is CCc1nnc(N2CC(n3cc(C#N)c4cc(F)ccc43)C2)n1-c1ccc(OC)nc1. The van der Waals surface area contributed by atoms with Gasteiger partial charge in [0, 0.05) is 42.7 Å². The van der Waals surface area contributed by atoms with E-state index in [1.54, 1.807) is 19.4 Å². The molecule has 0 atom stereocenters. The molecule has 4 heterocycles. The van der Waals surface area contributed by atoms with Crippen molar-refractivity contribution >= 4 is 16.9 Å². The van der Waals surface area contributed by atoms with Gasteiger partial charge in [0.2, 0.25) is 11.8 Å². The Morgan fingerprint density at radius 1 is 1.23 bits per heavy atom. The molecular weight excluding hydrogens is 397 g/mol. The second-order valence-electron chi connectivity index (χ2n) is 7.45. The van der Waals surface area contributed by atoms with Crippen LogP contribution in [-0.4, -0.2) is 44.5 Å². The van der Waals surface area contributed by atoms with Crippen LogP contribution in [0.15, 0.2) is 42.7 Å². The number of nitriles is 1. The van der Waals surface area contributed by atoms with Crippen LogP contribution in [0.1, 0.15) is 24.4 Å². The molecule has 5 rings (SSSR count). The molecule has 0 unspecified atom stereocenters.